The molecule has 0 radical (unpaired) electrons. The Morgan fingerprint density at radius 1 is 1.29 bits per heavy atom. The zero-order valence-electron chi connectivity index (χ0n) is 14.3. The van der Waals surface area contributed by atoms with Gasteiger partial charge in [0.2, 0.25) is 5.91 Å². The van der Waals surface area contributed by atoms with Gasteiger partial charge in [0.1, 0.15) is 6.04 Å². The first-order chi connectivity index (χ1) is 11.6. The van der Waals surface area contributed by atoms with Crippen molar-refractivity contribution < 1.29 is 23.8 Å². The van der Waals surface area contributed by atoms with Gasteiger partial charge in [0, 0.05) is 19.6 Å². The van der Waals surface area contributed by atoms with E-state index in [9.17, 15) is 9.59 Å². The van der Waals surface area contributed by atoms with Crippen LogP contribution in [0.25, 0.3) is 0 Å². The molecule has 7 nitrogen and oxygen atoms in total. The van der Waals surface area contributed by atoms with Gasteiger partial charge in [0.05, 0.1) is 27.2 Å². The van der Waals surface area contributed by atoms with E-state index >= 15 is 0 Å². The van der Waals surface area contributed by atoms with E-state index < -0.39 is 6.04 Å². The number of carbonyl (C=O) groups excluding carboxylic acids is 2. The third-order valence-electron chi connectivity index (χ3n) is 3.94. The zero-order chi connectivity index (χ0) is 17.5. The third kappa shape index (κ3) is 4.38. The Bertz CT molecular complexity index is 590. The minimum atomic E-state index is -0.522. The maximum atomic E-state index is 12.2. The van der Waals surface area contributed by atoms with Gasteiger partial charge >= 0.3 is 5.97 Å². The summed E-state index contributed by atoms with van der Waals surface area (Å²) in [6.45, 7) is 3.83. The molecule has 1 atom stereocenters. The van der Waals surface area contributed by atoms with E-state index in [4.69, 9.17) is 14.2 Å². The first-order valence-corrected chi connectivity index (χ1v) is 7.97. The lowest BCUT2D eigenvalue weighted by Crippen LogP contribution is -2.55. The highest BCUT2D eigenvalue weighted by atomic mass is 16.5. The average Bonchev–Trinajstić information content (AvgIpc) is 2.58. The molecule has 132 valence electrons. The molecule has 0 aromatic heterocycles. The van der Waals surface area contributed by atoms with Gasteiger partial charge in [0.25, 0.3) is 0 Å². The number of ether oxygens (including phenoxy) is 3. The van der Waals surface area contributed by atoms with E-state index in [0.717, 1.165) is 5.56 Å². The molecule has 1 aromatic rings. The van der Waals surface area contributed by atoms with E-state index in [0.29, 0.717) is 37.7 Å². The maximum Gasteiger partial charge on any atom is 0.307 e. The molecule has 1 heterocycles. The molecule has 1 amide bonds. The smallest absolute Gasteiger partial charge is 0.307 e. The van der Waals surface area contributed by atoms with Crippen molar-refractivity contribution in [1.29, 1.82) is 0 Å². The molecule has 1 unspecified atom stereocenters. The Hall–Kier alpha value is -2.28. The van der Waals surface area contributed by atoms with Crippen LogP contribution in [0.5, 0.6) is 11.5 Å². The largest absolute Gasteiger partial charge is 0.493 e. The van der Waals surface area contributed by atoms with E-state index in [-0.39, 0.29) is 18.3 Å². The van der Waals surface area contributed by atoms with E-state index in [2.05, 4.69) is 5.32 Å². The van der Waals surface area contributed by atoms with Crippen LogP contribution >= 0.6 is 0 Å². The highest BCUT2D eigenvalue weighted by Gasteiger charge is 2.32. The summed E-state index contributed by atoms with van der Waals surface area (Å²) in [5.41, 5.74) is 0.983. The summed E-state index contributed by atoms with van der Waals surface area (Å²) in [7, 11) is 3.17. The lowest BCUT2D eigenvalue weighted by atomic mass is 10.1. The van der Waals surface area contributed by atoms with Crippen LogP contribution in [0.3, 0.4) is 0 Å². The highest BCUT2D eigenvalue weighted by Crippen LogP contribution is 2.28. The quantitative estimate of drug-likeness (QED) is 0.747. The number of hydrogen-bond donors (Lipinski definition) is 1. The summed E-state index contributed by atoms with van der Waals surface area (Å²) in [6.07, 6.45) is 0.0486. The molecule has 7 heteroatoms. The van der Waals surface area contributed by atoms with E-state index in [1.807, 2.05) is 23.1 Å². The van der Waals surface area contributed by atoms with E-state index in [1.54, 1.807) is 21.1 Å². The number of amides is 1. The number of esters is 1. The molecule has 1 aliphatic heterocycles. The summed E-state index contributed by atoms with van der Waals surface area (Å²) in [4.78, 5) is 25.9. The summed E-state index contributed by atoms with van der Waals surface area (Å²) < 4.78 is 15.5. The van der Waals surface area contributed by atoms with Crippen LogP contribution in [0.15, 0.2) is 18.2 Å². The molecule has 0 spiro atoms. The van der Waals surface area contributed by atoms with Crippen LogP contribution in [0.4, 0.5) is 0 Å². The van der Waals surface area contributed by atoms with Crippen LogP contribution in [-0.2, 0) is 20.9 Å². The molecular weight excluding hydrogens is 312 g/mol. The number of benzene rings is 1. The predicted molar refractivity (Wildman–Crippen MR) is 88.0 cm³/mol. The Kier molecular flexibility index (Phi) is 6.43. The topological polar surface area (TPSA) is 77.1 Å². The van der Waals surface area contributed by atoms with Crippen molar-refractivity contribution in [1.82, 2.24) is 10.2 Å². The number of nitrogens with one attached hydrogen (secondary N) is 1. The Balaban J connectivity index is 2.12. The standard InChI is InChI=1S/C17H24N2O5/c1-4-24-16(20)10-13-17(21)18-7-8-19(13)11-12-5-6-14(22-2)15(9-12)23-3/h5-6,9,13H,4,7-8,10-11H2,1-3H3,(H,18,21). The number of rotatable bonds is 7. The summed E-state index contributed by atoms with van der Waals surface area (Å²) in [5, 5.41) is 2.80. The van der Waals surface area contributed by atoms with Gasteiger partial charge < -0.3 is 19.5 Å². The summed E-state index contributed by atoms with van der Waals surface area (Å²) in [6, 6.07) is 5.12. The fraction of sp³-hybridized carbons (Fsp3) is 0.529. The molecule has 1 N–H and O–H groups in total. The van der Waals surface area contributed by atoms with Crippen molar-refractivity contribution in [3.63, 3.8) is 0 Å². The van der Waals surface area contributed by atoms with Crippen molar-refractivity contribution in [3.8, 4) is 11.5 Å². The molecule has 1 aliphatic rings. The van der Waals surface area contributed by atoms with Gasteiger partial charge in [-0.25, -0.2) is 0 Å². The molecule has 0 aliphatic carbocycles. The van der Waals surface area contributed by atoms with Crippen molar-refractivity contribution in [2.45, 2.75) is 25.9 Å². The number of hydrogen-bond acceptors (Lipinski definition) is 6. The van der Waals surface area contributed by atoms with Gasteiger partial charge in [-0.3, -0.25) is 14.5 Å². The zero-order valence-corrected chi connectivity index (χ0v) is 14.3. The van der Waals surface area contributed by atoms with Crippen molar-refractivity contribution in [2.75, 3.05) is 33.9 Å². The van der Waals surface area contributed by atoms with Crippen LogP contribution in [0.2, 0.25) is 0 Å². The Labute approximate surface area is 141 Å². The number of piperazine rings is 1. The van der Waals surface area contributed by atoms with Gasteiger partial charge in [0.15, 0.2) is 11.5 Å². The second-order valence-electron chi connectivity index (χ2n) is 5.48. The average molecular weight is 336 g/mol. The lowest BCUT2D eigenvalue weighted by molar-refractivity contribution is -0.148. The molecule has 1 fully saturated rings. The first-order valence-electron chi connectivity index (χ1n) is 7.97. The second-order valence-corrected chi connectivity index (χ2v) is 5.48. The minimum Gasteiger partial charge on any atom is -0.493 e. The van der Waals surface area contributed by atoms with Crippen LogP contribution in [0.1, 0.15) is 18.9 Å². The first kappa shape index (κ1) is 18.1. The molecule has 0 saturated carbocycles. The Morgan fingerprint density at radius 3 is 2.71 bits per heavy atom. The number of methoxy groups -OCH3 is 2. The third-order valence-corrected chi connectivity index (χ3v) is 3.94. The minimum absolute atomic E-state index is 0.0486. The van der Waals surface area contributed by atoms with Crippen LogP contribution < -0.4 is 14.8 Å². The van der Waals surface area contributed by atoms with Crippen molar-refractivity contribution >= 4 is 11.9 Å². The maximum absolute atomic E-state index is 12.2. The molecular formula is C17H24N2O5. The molecule has 1 aromatic carbocycles. The van der Waals surface area contributed by atoms with Crippen LogP contribution in [0, 0.1) is 0 Å². The van der Waals surface area contributed by atoms with Crippen molar-refractivity contribution in [2.24, 2.45) is 0 Å². The second kappa shape index (κ2) is 8.54. The fourth-order valence-electron chi connectivity index (χ4n) is 2.76. The fourth-order valence-corrected chi connectivity index (χ4v) is 2.76. The van der Waals surface area contributed by atoms with Gasteiger partial charge in [-0.1, -0.05) is 6.07 Å². The molecule has 0 bridgehead atoms. The number of carbonyl (C=O) groups is 2. The van der Waals surface area contributed by atoms with Gasteiger partial charge in [-0.2, -0.15) is 0 Å². The van der Waals surface area contributed by atoms with Gasteiger partial charge in [-0.05, 0) is 24.6 Å². The number of nitrogens with zero attached hydrogens (tertiary/aromatic N) is 1. The Morgan fingerprint density at radius 2 is 2.04 bits per heavy atom. The van der Waals surface area contributed by atoms with Crippen molar-refractivity contribution in [3.05, 3.63) is 23.8 Å². The lowest BCUT2D eigenvalue weighted by Gasteiger charge is -2.34. The molecule has 2 rings (SSSR count). The SMILES string of the molecule is CCOC(=O)CC1C(=O)NCCN1Cc1ccc(OC)c(OC)c1. The highest BCUT2D eigenvalue weighted by molar-refractivity contribution is 5.87. The van der Waals surface area contributed by atoms with Gasteiger partial charge in [-0.15, -0.1) is 0 Å². The summed E-state index contributed by atoms with van der Waals surface area (Å²) in [5.74, 6) is 0.783. The predicted octanol–water partition coefficient (Wildman–Crippen LogP) is 0.957. The van der Waals surface area contributed by atoms with E-state index in [1.165, 1.54) is 0 Å². The van der Waals surface area contributed by atoms with Crippen LogP contribution in [-0.4, -0.2) is 56.7 Å². The molecule has 1 saturated heterocycles. The molecule has 24 heavy (non-hydrogen) atoms. The monoisotopic (exact) mass is 336 g/mol. The summed E-state index contributed by atoms with van der Waals surface area (Å²) >= 11 is 0. The normalized spacial score (nSPS) is 18.0.